The van der Waals surface area contributed by atoms with E-state index in [4.69, 9.17) is 0 Å². The fourth-order valence-electron chi connectivity index (χ4n) is 3.08. The van der Waals surface area contributed by atoms with Gasteiger partial charge < -0.3 is 5.11 Å². The average molecular weight is 300 g/mol. The van der Waals surface area contributed by atoms with E-state index in [0.717, 1.165) is 25.2 Å². The monoisotopic (exact) mass is 300 g/mol. The zero-order valence-electron chi connectivity index (χ0n) is 12.6. The first kappa shape index (κ1) is 14.7. The van der Waals surface area contributed by atoms with Crippen LogP contribution in [0.15, 0.2) is 30.6 Å². The van der Waals surface area contributed by atoms with Crippen LogP contribution in [0.25, 0.3) is 5.69 Å². The molecule has 0 radical (unpaired) electrons. The molecule has 2 aromatic rings. The second-order valence-corrected chi connectivity index (χ2v) is 5.70. The first-order chi connectivity index (χ1) is 10.7. The maximum absolute atomic E-state index is 11.5. The summed E-state index contributed by atoms with van der Waals surface area (Å²) in [4.78, 5) is 18.2. The molecule has 0 bridgehead atoms. The first-order valence-corrected chi connectivity index (χ1v) is 7.61. The fourth-order valence-corrected chi connectivity index (χ4v) is 3.08. The summed E-state index contributed by atoms with van der Waals surface area (Å²) in [5.74, 6) is -0.135. The summed E-state index contributed by atoms with van der Waals surface area (Å²) in [5.41, 5.74) is 0.811. The van der Waals surface area contributed by atoms with Gasteiger partial charge in [0.2, 0.25) is 0 Å². The zero-order chi connectivity index (χ0) is 15.5. The summed E-state index contributed by atoms with van der Waals surface area (Å²) in [7, 11) is 2.10. The summed E-state index contributed by atoms with van der Waals surface area (Å²) < 4.78 is 1.68. The smallest absolute Gasteiger partial charge is 0.337 e. The minimum Gasteiger partial charge on any atom is -0.478 e. The van der Waals surface area contributed by atoms with Crippen LogP contribution in [0.5, 0.6) is 0 Å². The number of rotatable bonds is 3. The highest BCUT2D eigenvalue weighted by Gasteiger charge is 2.25. The third-order valence-electron chi connectivity index (χ3n) is 4.26. The molecule has 0 aliphatic carbocycles. The zero-order valence-corrected chi connectivity index (χ0v) is 12.6. The van der Waals surface area contributed by atoms with Gasteiger partial charge in [-0.3, -0.25) is 4.90 Å². The highest BCUT2D eigenvalue weighted by atomic mass is 16.4. The van der Waals surface area contributed by atoms with Crippen LogP contribution in [0.4, 0.5) is 0 Å². The molecule has 116 valence electrons. The van der Waals surface area contributed by atoms with Crippen LogP contribution in [0, 0.1) is 0 Å². The lowest BCUT2D eigenvalue weighted by atomic mass is 10.1. The predicted molar refractivity (Wildman–Crippen MR) is 82.2 cm³/mol. The number of carboxylic acid groups (broad SMARTS) is 1. The molecule has 1 N–H and O–H groups in total. The molecule has 1 fully saturated rings. The topological polar surface area (TPSA) is 71.2 Å². The third-order valence-corrected chi connectivity index (χ3v) is 4.26. The van der Waals surface area contributed by atoms with E-state index in [1.807, 2.05) is 6.07 Å². The number of benzene rings is 1. The van der Waals surface area contributed by atoms with Gasteiger partial charge in [0.15, 0.2) is 0 Å². The van der Waals surface area contributed by atoms with E-state index < -0.39 is 5.97 Å². The Morgan fingerprint density at radius 1 is 1.27 bits per heavy atom. The molecule has 0 amide bonds. The van der Waals surface area contributed by atoms with E-state index in [9.17, 15) is 9.90 Å². The summed E-state index contributed by atoms with van der Waals surface area (Å²) in [6, 6.07) is 7.09. The molecule has 1 aliphatic heterocycles. The number of nitrogens with zero attached hydrogens (tertiary/aromatic N) is 4. The van der Waals surface area contributed by atoms with Crippen LogP contribution in [0.3, 0.4) is 0 Å². The van der Waals surface area contributed by atoms with Crippen molar-refractivity contribution >= 4 is 5.97 Å². The molecule has 1 aromatic heterocycles. The molecule has 3 rings (SSSR count). The Bertz CT molecular complexity index is 668. The predicted octanol–water partition coefficient (Wildman–Crippen LogP) is 2.51. The van der Waals surface area contributed by atoms with Gasteiger partial charge in [-0.05, 0) is 38.6 Å². The highest BCUT2D eigenvalue weighted by molar-refractivity contribution is 5.91. The molecule has 6 heteroatoms. The van der Waals surface area contributed by atoms with Crippen molar-refractivity contribution in [3.8, 4) is 5.69 Å². The van der Waals surface area contributed by atoms with Crippen LogP contribution in [-0.4, -0.2) is 44.3 Å². The molecular weight excluding hydrogens is 280 g/mol. The number of hydrogen-bond donors (Lipinski definition) is 1. The Kier molecular flexibility index (Phi) is 4.20. The third kappa shape index (κ3) is 2.74. The first-order valence-electron chi connectivity index (χ1n) is 7.61. The van der Waals surface area contributed by atoms with Crippen molar-refractivity contribution in [2.45, 2.75) is 31.7 Å². The van der Waals surface area contributed by atoms with Crippen molar-refractivity contribution in [2.24, 2.45) is 0 Å². The number of carboxylic acids is 1. The maximum Gasteiger partial charge on any atom is 0.337 e. The van der Waals surface area contributed by atoms with Crippen LogP contribution < -0.4 is 0 Å². The van der Waals surface area contributed by atoms with Crippen molar-refractivity contribution < 1.29 is 9.90 Å². The molecule has 1 aromatic carbocycles. The summed E-state index contributed by atoms with van der Waals surface area (Å²) in [5, 5.41) is 13.7. The number of carbonyl (C=O) groups is 1. The lowest BCUT2D eigenvalue weighted by Gasteiger charge is -2.25. The van der Waals surface area contributed by atoms with Crippen LogP contribution in [0.1, 0.15) is 47.9 Å². The molecule has 1 aliphatic rings. The van der Waals surface area contributed by atoms with Gasteiger partial charge in [0.05, 0.1) is 17.3 Å². The Hall–Kier alpha value is -2.21. The minimum absolute atomic E-state index is 0.173. The second kappa shape index (κ2) is 6.27. The van der Waals surface area contributed by atoms with E-state index in [-0.39, 0.29) is 11.6 Å². The van der Waals surface area contributed by atoms with E-state index in [1.54, 1.807) is 22.9 Å². The van der Waals surface area contributed by atoms with Crippen molar-refractivity contribution in [3.05, 3.63) is 42.0 Å². The number of aromatic nitrogens is 3. The lowest BCUT2D eigenvalue weighted by molar-refractivity contribution is 0.0696. The normalized spacial score (nSPS) is 19.8. The van der Waals surface area contributed by atoms with Gasteiger partial charge in [-0.2, -0.15) is 5.10 Å². The van der Waals surface area contributed by atoms with Crippen molar-refractivity contribution in [3.63, 3.8) is 0 Å². The van der Waals surface area contributed by atoms with Gasteiger partial charge in [-0.1, -0.05) is 25.0 Å². The molecule has 2 heterocycles. The highest BCUT2D eigenvalue weighted by Crippen LogP contribution is 2.29. The molecule has 0 saturated carbocycles. The second-order valence-electron chi connectivity index (χ2n) is 5.70. The minimum atomic E-state index is -0.953. The summed E-state index contributed by atoms with van der Waals surface area (Å²) >= 11 is 0. The van der Waals surface area contributed by atoms with Gasteiger partial charge in [-0.25, -0.2) is 14.5 Å². The van der Waals surface area contributed by atoms with E-state index in [2.05, 4.69) is 22.0 Å². The van der Waals surface area contributed by atoms with Gasteiger partial charge in [-0.15, -0.1) is 0 Å². The van der Waals surface area contributed by atoms with Crippen LogP contribution in [0.2, 0.25) is 0 Å². The summed E-state index contributed by atoms with van der Waals surface area (Å²) in [6.45, 7) is 1.03. The van der Waals surface area contributed by atoms with Crippen LogP contribution >= 0.6 is 0 Å². The molecular formula is C16H20N4O2. The van der Waals surface area contributed by atoms with E-state index >= 15 is 0 Å². The number of para-hydroxylation sites is 1. The van der Waals surface area contributed by atoms with Gasteiger partial charge in [0.25, 0.3) is 0 Å². The lowest BCUT2D eigenvalue weighted by Crippen LogP contribution is -2.27. The number of likely N-dealkylation sites (tertiary alicyclic amines) is 1. The van der Waals surface area contributed by atoms with Gasteiger partial charge in [0, 0.05) is 0 Å². The molecule has 1 unspecified atom stereocenters. The van der Waals surface area contributed by atoms with E-state index in [1.165, 1.54) is 19.2 Å². The van der Waals surface area contributed by atoms with Crippen LogP contribution in [-0.2, 0) is 0 Å². The molecule has 22 heavy (non-hydrogen) atoms. The van der Waals surface area contributed by atoms with Crippen molar-refractivity contribution in [1.82, 2.24) is 19.7 Å². The standard InChI is InChI=1S/C16H20N4O2/c1-19-10-6-2-3-9-14(19)15-17-11-18-20(15)13-8-5-4-7-12(13)16(21)22/h4-5,7-8,11,14H,2-3,6,9-10H2,1H3,(H,21,22). The molecule has 6 nitrogen and oxygen atoms in total. The average Bonchev–Trinajstić information content (AvgIpc) is 2.90. The SMILES string of the molecule is CN1CCCCCC1c1ncnn1-c1ccccc1C(=O)O. The summed E-state index contributed by atoms with van der Waals surface area (Å²) in [6.07, 6.45) is 6.09. The van der Waals surface area contributed by atoms with Crippen molar-refractivity contribution in [2.75, 3.05) is 13.6 Å². The van der Waals surface area contributed by atoms with E-state index in [0.29, 0.717) is 5.69 Å². The maximum atomic E-state index is 11.5. The van der Waals surface area contributed by atoms with Crippen molar-refractivity contribution in [1.29, 1.82) is 0 Å². The quantitative estimate of drug-likeness (QED) is 0.943. The Morgan fingerprint density at radius 3 is 2.91 bits per heavy atom. The van der Waals surface area contributed by atoms with Gasteiger partial charge in [0.1, 0.15) is 12.2 Å². The van der Waals surface area contributed by atoms with Gasteiger partial charge >= 0.3 is 5.97 Å². The molecule has 1 saturated heterocycles. The largest absolute Gasteiger partial charge is 0.478 e. The Balaban J connectivity index is 2.04. The number of hydrogen-bond acceptors (Lipinski definition) is 4. The Labute approximate surface area is 129 Å². The number of aromatic carboxylic acids is 1. The molecule has 1 atom stereocenters. The Morgan fingerprint density at radius 2 is 2.09 bits per heavy atom. The molecule has 0 spiro atoms. The fraction of sp³-hybridized carbons (Fsp3) is 0.438.